The molecular formula is C14H19NO3. The summed E-state index contributed by atoms with van der Waals surface area (Å²) in [7, 11) is 0. The summed E-state index contributed by atoms with van der Waals surface area (Å²) in [5.74, 6) is 1.96. The third kappa shape index (κ3) is 2.94. The second-order valence-electron chi connectivity index (χ2n) is 5.00. The quantitative estimate of drug-likeness (QED) is 0.892. The predicted octanol–water partition coefficient (Wildman–Crippen LogP) is 2.64. The lowest BCUT2D eigenvalue weighted by Crippen LogP contribution is -2.27. The molecule has 1 aromatic carbocycles. The molecule has 0 bridgehead atoms. The Balaban J connectivity index is 2.00. The highest BCUT2D eigenvalue weighted by Gasteiger charge is 2.16. The molecule has 1 atom stereocenters. The van der Waals surface area contributed by atoms with Crippen LogP contribution in [-0.2, 0) is 4.79 Å². The smallest absolute Gasteiger partial charge is 0.231 e. The Hall–Kier alpha value is -1.71. The number of hydrogen-bond acceptors (Lipinski definition) is 3. The van der Waals surface area contributed by atoms with Crippen molar-refractivity contribution in [3.63, 3.8) is 0 Å². The van der Waals surface area contributed by atoms with E-state index in [1.54, 1.807) is 0 Å². The number of hydrogen-bond donors (Lipinski definition) is 1. The van der Waals surface area contributed by atoms with Gasteiger partial charge in [-0.1, -0.05) is 19.9 Å². The van der Waals surface area contributed by atoms with Crippen LogP contribution >= 0.6 is 0 Å². The maximum atomic E-state index is 11.7. The fourth-order valence-electron chi connectivity index (χ4n) is 1.94. The summed E-state index contributed by atoms with van der Waals surface area (Å²) >= 11 is 0. The molecule has 1 aromatic rings. The molecule has 0 fully saturated rings. The van der Waals surface area contributed by atoms with E-state index in [9.17, 15) is 4.79 Å². The number of carbonyl (C=O) groups excluding carboxylic acids is 1. The van der Waals surface area contributed by atoms with Crippen LogP contribution < -0.4 is 14.8 Å². The normalized spacial score (nSPS) is 14.7. The number of rotatable bonds is 4. The van der Waals surface area contributed by atoms with E-state index < -0.39 is 0 Å². The highest BCUT2D eigenvalue weighted by Crippen LogP contribution is 2.34. The number of nitrogens with one attached hydrogen (secondary N) is 1. The molecule has 1 aliphatic heterocycles. The molecule has 4 heteroatoms. The molecule has 0 spiro atoms. The average Bonchev–Trinajstić information content (AvgIpc) is 2.74. The van der Waals surface area contributed by atoms with Crippen LogP contribution in [0.25, 0.3) is 0 Å². The summed E-state index contributed by atoms with van der Waals surface area (Å²) in [4.78, 5) is 11.7. The minimum absolute atomic E-state index is 0.0225. The van der Waals surface area contributed by atoms with Crippen molar-refractivity contribution in [3.05, 3.63) is 23.8 Å². The Morgan fingerprint density at radius 1 is 1.28 bits per heavy atom. The maximum Gasteiger partial charge on any atom is 0.231 e. The van der Waals surface area contributed by atoms with Crippen LogP contribution in [0.2, 0.25) is 0 Å². The molecule has 0 saturated heterocycles. The highest BCUT2D eigenvalue weighted by atomic mass is 16.7. The molecule has 4 nitrogen and oxygen atoms in total. The van der Waals surface area contributed by atoms with Gasteiger partial charge >= 0.3 is 0 Å². The molecule has 1 N–H and O–H groups in total. The van der Waals surface area contributed by atoms with Crippen LogP contribution in [0, 0.1) is 5.92 Å². The molecule has 0 aromatic heterocycles. The molecule has 18 heavy (non-hydrogen) atoms. The van der Waals surface area contributed by atoms with Gasteiger partial charge in [0.15, 0.2) is 11.5 Å². The highest BCUT2D eigenvalue weighted by molar-refractivity contribution is 5.76. The Labute approximate surface area is 107 Å². The number of ether oxygens (including phenoxy) is 2. The van der Waals surface area contributed by atoms with Crippen LogP contribution in [0.3, 0.4) is 0 Å². The number of amides is 1. The van der Waals surface area contributed by atoms with Crippen LogP contribution in [0.5, 0.6) is 11.5 Å². The van der Waals surface area contributed by atoms with Gasteiger partial charge in [0, 0.05) is 6.42 Å². The minimum Gasteiger partial charge on any atom is -0.454 e. The van der Waals surface area contributed by atoms with Gasteiger partial charge in [0.2, 0.25) is 12.7 Å². The Morgan fingerprint density at radius 3 is 2.72 bits per heavy atom. The first-order valence-corrected chi connectivity index (χ1v) is 6.25. The molecule has 1 heterocycles. The number of carbonyl (C=O) groups is 1. The van der Waals surface area contributed by atoms with E-state index in [0.717, 1.165) is 17.1 Å². The first-order chi connectivity index (χ1) is 8.56. The predicted molar refractivity (Wildman–Crippen MR) is 68.6 cm³/mol. The zero-order valence-corrected chi connectivity index (χ0v) is 11.0. The van der Waals surface area contributed by atoms with Gasteiger partial charge in [0.25, 0.3) is 0 Å². The van der Waals surface area contributed by atoms with Gasteiger partial charge in [-0.25, -0.2) is 0 Å². The van der Waals surface area contributed by atoms with Crippen molar-refractivity contribution in [1.82, 2.24) is 5.32 Å². The SMILES string of the molecule is CC(C)CC(=O)N[C@H](C)c1ccc2c(c1)OCO2. The second kappa shape index (κ2) is 5.29. The fourth-order valence-corrected chi connectivity index (χ4v) is 1.94. The minimum atomic E-state index is -0.0225. The fraction of sp³-hybridized carbons (Fsp3) is 0.500. The van der Waals surface area contributed by atoms with Crippen LogP contribution in [-0.4, -0.2) is 12.7 Å². The molecule has 2 rings (SSSR count). The van der Waals surface area contributed by atoms with Crippen LogP contribution in [0.4, 0.5) is 0 Å². The van der Waals surface area contributed by atoms with E-state index in [-0.39, 0.29) is 18.7 Å². The third-order valence-electron chi connectivity index (χ3n) is 2.87. The van der Waals surface area contributed by atoms with E-state index in [0.29, 0.717) is 12.3 Å². The first-order valence-electron chi connectivity index (χ1n) is 6.25. The maximum absolute atomic E-state index is 11.7. The summed E-state index contributed by atoms with van der Waals surface area (Å²) in [6, 6.07) is 5.73. The molecule has 0 saturated carbocycles. The van der Waals surface area contributed by atoms with Crippen molar-refractivity contribution in [2.75, 3.05) is 6.79 Å². The molecule has 1 aliphatic rings. The van der Waals surface area contributed by atoms with Crippen LogP contribution in [0.15, 0.2) is 18.2 Å². The van der Waals surface area contributed by atoms with Gasteiger partial charge in [-0.3, -0.25) is 4.79 Å². The van der Waals surface area contributed by atoms with Crippen molar-refractivity contribution in [3.8, 4) is 11.5 Å². The van der Waals surface area contributed by atoms with Crippen LogP contribution in [0.1, 0.15) is 38.8 Å². The van der Waals surface area contributed by atoms with Gasteiger partial charge in [0.1, 0.15) is 0 Å². The topological polar surface area (TPSA) is 47.6 Å². The Kier molecular flexibility index (Phi) is 3.75. The molecule has 0 unspecified atom stereocenters. The second-order valence-corrected chi connectivity index (χ2v) is 5.00. The van der Waals surface area contributed by atoms with Crippen molar-refractivity contribution in [1.29, 1.82) is 0 Å². The standard InChI is InChI=1S/C14H19NO3/c1-9(2)6-14(16)15-10(3)11-4-5-12-13(7-11)18-8-17-12/h4-5,7,9-10H,6,8H2,1-3H3,(H,15,16)/t10-/m1/s1. The number of benzene rings is 1. The zero-order valence-electron chi connectivity index (χ0n) is 11.0. The van der Waals surface area contributed by atoms with Crippen molar-refractivity contribution < 1.29 is 14.3 Å². The first kappa shape index (κ1) is 12.7. The Bertz CT molecular complexity index is 443. The summed E-state index contributed by atoms with van der Waals surface area (Å²) in [5.41, 5.74) is 1.02. The van der Waals surface area contributed by atoms with Gasteiger partial charge < -0.3 is 14.8 Å². The van der Waals surface area contributed by atoms with Crippen molar-refractivity contribution >= 4 is 5.91 Å². The molecular weight excluding hydrogens is 230 g/mol. The largest absolute Gasteiger partial charge is 0.454 e. The summed E-state index contributed by atoms with van der Waals surface area (Å²) in [6.45, 7) is 6.30. The van der Waals surface area contributed by atoms with Crippen molar-refractivity contribution in [2.45, 2.75) is 33.2 Å². The summed E-state index contributed by atoms with van der Waals surface area (Å²) < 4.78 is 10.6. The van der Waals surface area contributed by atoms with Crippen molar-refractivity contribution in [2.24, 2.45) is 5.92 Å². The van der Waals surface area contributed by atoms with Gasteiger partial charge in [-0.2, -0.15) is 0 Å². The van der Waals surface area contributed by atoms with E-state index in [1.807, 2.05) is 39.0 Å². The monoisotopic (exact) mass is 249 g/mol. The lowest BCUT2D eigenvalue weighted by molar-refractivity contribution is -0.122. The molecule has 1 amide bonds. The van der Waals surface area contributed by atoms with Gasteiger partial charge in [-0.15, -0.1) is 0 Å². The van der Waals surface area contributed by atoms with E-state index in [4.69, 9.17) is 9.47 Å². The number of fused-ring (bicyclic) bond motifs is 1. The van der Waals surface area contributed by atoms with Gasteiger partial charge in [-0.05, 0) is 30.5 Å². The Morgan fingerprint density at radius 2 is 2.00 bits per heavy atom. The van der Waals surface area contributed by atoms with E-state index in [1.165, 1.54) is 0 Å². The van der Waals surface area contributed by atoms with E-state index in [2.05, 4.69) is 5.32 Å². The summed E-state index contributed by atoms with van der Waals surface area (Å²) in [6.07, 6.45) is 0.550. The molecule has 0 aliphatic carbocycles. The lowest BCUT2D eigenvalue weighted by Gasteiger charge is -2.15. The van der Waals surface area contributed by atoms with Gasteiger partial charge in [0.05, 0.1) is 6.04 Å². The lowest BCUT2D eigenvalue weighted by atomic mass is 10.1. The molecule has 98 valence electrons. The third-order valence-corrected chi connectivity index (χ3v) is 2.87. The van der Waals surface area contributed by atoms with E-state index >= 15 is 0 Å². The molecule has 0 radical (unpaired) electrons. The average molecular weight is 249 g/mol. The summed E-state index contributed by atoms with van der Waals surface area (Å²) in [5, 5.41) is 2.98. The zero-order chi connectivity index (χ0) is 13.1.